The second-order valence-electron chi connectivity index (χ2n) is 13.1. The van der Waals surface area contributed by atoms with E-state index in [1.807, 2.05) is 97.1 Å². The molecule has 3 heterocycles. The minimum absolute atomic E-state index is 0.0297. The molecule has 0 bridgehead atoms. The minimum atomic E-state index is -0.684. The Hall–Kier alpha value is -7.63. The largest absolute Gasteiger partial charge is 0.456 e. The molecule has 8 aromatic carbocycles. The van der Waals surface area contributed by atoms with Crippen molar-refractivity contribution < 1.29 is 20.9 Å². The summed E-state index contributed by atoms with van der Waals surface area (Å²) in [5, 5.41) is 1.70. The fraction of sp³-hybridized carbons (Fsp3) is 0. The summed E-state index contributed by atoms with van der Waals surface area (Å²) in [6, 6.07) is 30.9. The van der Waals surface area contributed by atoms with E-state index >= 15 is 0 Å². The fourth-order valence-corrected chi connectivity index (χ4v) is 7.21. The molecule has 0 N–H and O–H groups in total. The van der Waals surface area contributed by atoms with Crippen LogP contribution < -0.4 is 0 Å². The highest BCUT2D eigenvalue weighted by atomic mass is 16.3. The Morgan fingerprint density at radius 1 is 0.411 bits per heavy atom. The number of furan rings is 1. The van der Waals surface area contributed by atoms with Crippen molar-refractivity contribution in [2.75, 3.05) is 0 Å². The molecule has 0 aliphatic rings. The molecule has 11 aromatic rings. The molecule has 11 rings (SSSR count). The molecule has 5 heteroatoms. The molecule has 0 spiro atoms. The topological polar surface area (TPSA) is 56.7 Å². The number of para-hydroxylation sites is 4. The van der Waals surface area contributed by atoms with E-state index in [-0.39, 0.29) is 27.4 Å². The quantitative estimate of drug-likeness (QED) is 0.171. The lowest BCUT2D eigenvalue weighted by atomic mass is 9.98. The van der Waals surface area contributed by atoms with Gasteiger partial charge in [-0.2, -0.15) is 0 Å². The lowest BCUT2D eigenvalue weighted by Gasteiger charge is -2.12. The zero-order chi connectivity index (χ0) is 47.4. The van der Waals surface area contributed by atoms with Crippen molar-refractivity contribution in [1.29, 1.82) is 0 Å². The van der Waals surface area contributed by atoms with E-state index in [1.165, 1.54) is 0 Å². The van der Waals surface area contributed by atoms with E-state index in [1.54, 1.807) is 24.3 Å². The number of hydrogen-bond donors (Lipinski definition) is 0. The monoisotopic (exact) mass is 728 g/mol. The Bertz CT molecular complexity index is 3900. The van der Waals surface area contributed by atoms with Crippen molar-refractivity contribution in [1.82, 2.24) is 19.5 Å². The van der Waals surface area contributed by atoms with Gasteiger partial charge in [-0.25, -0.2) is 15.0 Å². The Morgan fingerprint density at radius 3 is 1.75 bits per heavy atom. The number of fused-ring (bicyclic) bond motifs is 6. The zero-order valence-corrected chi connectivity index (χ0v) is 29.2. The first kappa shape index (κ1) is 21.9. The van der Waals surface area contributed by atoms with Crippen LogP contribution >= 0.6 is 0 Å². The fourth-order valence-electron chi connectivity index (χ4n) is 7.21. The molecule has 0 radical (unpaired) electrons. The third kappa shape index (κ3) is 5.37. The molecule has 0 fully saturated rings. The van der Waals surface area contributed by atoms with Gasteiger partial charge in [-0.3, -0.25) is 0 Å². The number of nitrogens with zero attached hydrogens (tertiary/aromatic N) is 4. The summed E-state index contributed by atoms with van der Waals surface area (Å²) in [4.78, 5) is 14.7. The lowest BCUT2D eigenvalue weighted by molar-refractivity contribution is 0.669. The predicted molar refractivity (Wildman–Crippen MR) is 229 cm³/mol. The van der Waals surface area contributed by atoms with Gasteiger partial charge in [0, 0.05) is 49.5 Å². The van der Waals surface area contributed by atoms with Gasteiger partial charge in [0.05, 0.1) is 27.5 Å². The Balaban J connectivity index is 1.03. The SMILES string of the molecule is [2H]c1c([2H])c([2H])c(-n2c3c([2H])c([2H])c([2H])c([2H])c3c3c([2H])c([2H])c([2H])c(-c4ccc(-c5ccc(-c6nc(-c7ccccc7)nc(-c7ccc8c(c7)oc7ccccc78)n6)cc5)cc4)c32)c([2H])c1[2H]. The van der Waals surface area contributed by atoms with Crippen LogP contribution in [0.15, 0.2) is 198 Å². The van der Waals surface area contributed by atoms with Gasteiger partial charge in [-0.1, -0.05) is 158 Å². The standard InChI is InChI=1S/C51H32N4O/c1-3-12-36(13-4-1)49-52-50(54-51(53-49)38-30-31-43-42-17-8-10-21-46(42)56-47(43)32-38)37-28-24-34(25-29-37)33-22-26-35(27-23-33)40-18-11-19-44-41-16-7-9-20-45(41)55(48(40)44)39-14-5-2-6-15-39/h1-32H/i2D,5D,6D,7D,9D,11D,14D,15D,16D,18D,19D,20D. The first-order chi connectivity index (χ1) is 32.7. The summed E-state index contributed by atoms with van der Waals surface area (Å²) in [7, 11) is 0. The number of hydrogen-bond acceptors (Lipinski definition) is 4. The van der Waals surface area contributed by atoms with E-state index in [2.05, 4.69) is 0 Å². The van der Waals surface area contributed by atoms with Crippen molar-refractivity contribution >= 4 is 43.7 Å². The van der Waals surface area contributed by atoms with Crippen LogP contribution in [0.3, 0.4) is 0 Å². The van der Waals surface area contributed by atoms with Gasteiger partial charge >= 0.3 is 0 Å². The van der Waals surface area contributed by atoms with Gasteiger partial charge in [0.2, 0.25) is 0 Å². The molecule has 0 aliphatic carbocycles. The first-order valence-corrected chi connectivity index (χ1v) is 17.8. The number of aromatic nitrogens is 4. The van der Waals surface area contributed by atoms with Crippen LogP contribution in [0.2, 0.25) is 0 Å². The second-order valence-corrected chi connectivity index (χ2v) is 13.1. The first-order valence-electron chi connectivity index (χ1n) is 23.8. The average molecular weight is 729 g/mol. The maximum Gasteiger partial charge on any atom is 0.164 e. The van der Waals surface area contributed by atoms with Crippen LogP contribution in [0, 0.1) is 0 Å². The van der Waals surface area contributed by atoms with Crippen LogP contribution in [0.5, 0.6) is 0 Å². The molecule has 0 saturated carbocycles. The van der Waals surface area contributed by atoms with Crippen LogP contribution in [0.1, 0.15) is 16.4 Å². The molecule has 0 unspecified atom stereocenters. The van der Waals surface area contributed by atoms with Gasteiger partial charge in [-0.15, -0.1) is 0 Å². The predicted octanol–water partition coefficient (Wildman–Crippen LogP) is 13.2. The van der Waals surface area contributed by atoms with Gasteiger partial charge in [0.1, 0.15) is 11.2 Å². The Morgan fingerprint density at radius 2 is 0.982 bits per heavy atom. The molecular weight excluding hydrogens is 685 g/mol. The summed E-state index contributed by atoms with van der Waals surface area (Å²) >= 11 is 0. The summed E-state index contributed by atoms with van der Waals surface area (Å²) in [5.41, 5.74) is 5.00. The summed E-state index contributed by atoms with van der Waals surface area (Å²) in [6.07, 6.45) is 0. The highest BCUT2D eigenvalue weighted by Crippen LogP contribution is 2.39. The van der Waals surface area contributed by atoms with Crippen LogP contribution in [-0.2, 0) is 0 Å². The van der Waals surface area contributed by atoms with Gasteiger partial charge in [-0.05, 0) is 53.0 Å². The van der Waals surface area contributed by atoms with Gasteiger partial charge < -0.3 is 8.98 Å². The summed E-state index contributed by atoms with van der Waals surface area (Å²) in [5.74, 6) is 1.42. The van der Waals surface area contributed by atoms with Crippen molar-refractivity contribution in [3.63, 3.8) is 0 Å². The smallest absolute Gasteiger partial charge is 0.164 e. The molecule has 0 atom stereocenters. The van der Waals surface area contributed by atoms with Crippen molar-refractivity contribution in [3.8, 4) is 62.1 Å². The van der Waals surface area contributed by atoms with E-state index in [9.17, 15) is 1.37 Å². The Labute approximate surface area is 339 Å². The van der Waals surface area contributed by atoms with E-state index in [0.717, 1.165) is 48.7 Å². The molecule has 0 aliphatic heterocycles. The normalized spacial score (nSPS) is 14.6. The maximum absolute atomic E-state index is 9.22. The Kier molecular flexibility index (Phi) is 5.10. The molecule has 3 aromatic heterocycles. The van der Waals surface area contributed by atoms with Crippen molar-refractivity contribution in [2.45, 2.75) is 0 Å². The molecule has 0 saturated heterocycles. The van der Waals surface area contributed by atoms with Gasteiger partial charge in [0.15, 0.2) is 17.5 Å². The van der Waals surface area contributed by atoms with E-state index < -0.39 is 78.2 Å². The zero-order valence-electron chi connectivity index (χ0n) is 41.2. The maximum atomic E-state index is 9.22. The van der Waals surface area contributed by atoms with Crippen molar-refractivity contribution in [2.24, 2.45) is 0 Å². The van der Waals surface area contributed by atoms with Crippen LogP contribution in [0.4, 0.5) is 0 Å². The van der Waals surface area contributed by atoms with Gasteiger partial charge in [0.25, 0.3) is 0 Å². The molecule has 0 amide bonds. The minimum Gasteiger partial charge on any atom is -0.456 e. The van der Waals surface area contributed by atoms with Crippen LogP contribution in [-0.4, -0.2) is 19.5 Å². The third-order valence-electron chi connectivity index (χ3n) is 9.88. The highest BCUT2D eigenvalue weighted by Gasteiger charge is 2.17. The van der Waals surface area contributed by atoms with Crippen molar-refractivity contribution in [3.05, 3.63) is 194 Å². The van der Waals surface area contributed by atoms with Crippen LogP contribution in [0.25, 0.3) is 106 Å². The highest BCUT2D eigenvalue weighted by molar-refractivity contribution is 6.14. The average Bonchev–Trinajstić information content (AvgIpc) is 3.92. The molecule has 56 heavy (non-hydrogen) atoms. The third-order valence-corrected chi connectivity index (χ3v) is 9.88. The lowest BCUT2D eigenvalue weighted by Crippen LogP contribution is -2.00. The number of benzene rings is 8. The summed E-state index contributed by atoms with van der Waals surface area (Å²) < 4.78 is 112. The van der Waals surface area contributed by atoms with E-state index in [4.69, 9.17) is 34.4 Å². The van der Waals surface area contributed by atoms with E-state index in [0.29, 0.717) is 28.6 Å². The molecule has 5 nitrogen and oxygen atoms in total. The summed E-state index contributed by atoms with van der Waals surface area (Å²) in [6.45, 7) is 0. The number of rotatable bonds is 6. The molecular formula is C51H32N4O. The second kappa shape index (κ2) is 13.0. The molecule has 262 valence electrons.